The van der Waals surface area contributed by atoms with Crippen LogP contribution in [0, 0.1) is 0 Å². The maximum Gasteiger partial charge on any atom is 0.294 e. The fourth-order valence-electron chi connectivity index (χ4n) is 1.33. The van der Waals surface area contributed by atoms with E-state index in [-0.39, 0.29) is 22.3 Å². The summed E-state index contributed by atoms with van der Waals surface area (Å²) in [4.78, 5) is -0.0730. The van der Waals surface area contributed by atoms with Gasteiger partial charge >= 0.3 is 0 Å². The monoisotopic (exact) mass is 238 g/mol. The van der Waals surface area contributed by atoms with Crippen LogP contribution in [-0.4, -0.2) is 30.3 Å². The zero-order valence-electron chi connectivity index (χ0n) is 7.21. The van der Waals surface area contributed by atoms with Crippen LogP contribution in [-0.2, 0) is 10.1 Å². The second-order valence-corrected chi connectivity index (χ2v) is 4.41. The Balaban J connectivity index is 0.00000112. The van der Waals surface area contributed by atoms with E-state index >= 15 is 0 Å². The molecule has 0 aromatic heterocycles. The molecule has 0 unspecified atom stereocenters. The molecule has 0 bridgehead atoms. The van der Waals surface area contributed by atoms with Crippen molar-refractivity contribution in [1.29, 1.82) is 0 Å². The lowest BCUT2D eigenvalue weighted by Gasteiger charge is -1.99. The lowest BCUT2D eigenvalue weighted by Crippen LogP contribution is -1.97. The van der Waals surface area contributed by atoms with Gasteiger partial charge in [0.25, 0.3) is 10.1 Å². The minimum atomic E-state index is -4.09. The summed E-state index contributed by atoms with van der Waals surface area (Å²) in [5.74, 6) is 0. The van der Waals surface area contributed by atoms with Gasteiger partial charge in [0.15, 0.2) is 17.4 Å². The summed E-state index contributed by atoms with van der Waals surface area (Å²) in [5.41, 5.74) is 0. The van der Waals surface area contributed by atoms with Crippen LogP contribution in [0.2, 0.25) is 0 Å². The van der Waals surface area contributed by atoms with Gasteiger partial charge in [-0.2, -0.15) is 8.42 Å². The van der Waals surface area contributed by atoms with Crippen LogP contribution in [0.5, 0.6) is 0 Å². The molecule has 0 saturated heterocycles. The molecule has 0 aliphatic heterocycles. The van der Waals surface area contributed by atoms with Crippen LogP contribution in [0.4, 0.5) is 0 Å². The van der Waals surface area contributed by atoms with Gasteiger partial charge in [-0.15, -0.1) is 0 Å². The number of rotatable bonds is 1. The van der Waals surface area contributed by atoms with Gasteiger partial charge in [-0.1, -0.05) is 30.3 Å². The van der Waals surface area contributed by atoms with E-state index in [1.165, 1.54) is 12.1 Å². The second-order valence-electron chi connectivity index (χ2n) is 2.98. The van der Waals surface area contributed by atoms with Crippen LogP contribution in [0.25, 0.3) is 10.8 Å². The Hall–Kier alpha value is -0.858. The normalized spacial score (nSPS) is 11.0. The van der Waals surface area contributed by atoms with Gasteiger partial charge in [0.1, 0.15) is 0 Å². The van der Waals surface area contributed by atoms with Gasteiger partial charge in [-0.3, -0.25) is 4.55 Å². The molecule has 2 rings (SSSR count). The summed E-state index contributed by atoms with van der Waals surface area (Å²) < 4.78 is 30.5. The first-order valence-corrected chi connectivity index (χ1v) is 5.48. The van der Waals surface area contributed by atoms with Crippen LogP contribution >= 0.6 is 0 Å². The number of benzene rings is 2. The number of hydrogen-bond acceptors (Lipinski definition) is 2. The van der Waals surface area contributed by atoms with Crippen molar-refractivity contribution in [3.8, 4) is 0 Å². The predicted octanol–water partition coefficient (Wildman–Crippen LogP) is 0.903. The zero-order chi connectivity index (χ0) is 10.2. The number of hydrogen-bond donors (Lipinski definition) is 1. The minimum Gasteiger partial charge on any atom is -0.282 e. The molecule has 0 spiro atoms. The molecule has 15 heavy (non-hydrogen) atoms. The van der Waals surface area contributed by atoms with E-state index in [9.17, 15) is 8.42 Å². The molecule has 0 atom stereocenters. The maximum absolute atomic E-state index is 10.8. The van der Waals surface area contributed by atoms with Crippen molar-refractivity contribution in [2.24, 2.45) is 0 Å². The van der Waals surface area contributed by atoms with Crippen molar-refractivity contribution >= 4 is 38.3 Å². The summed E-state index contributed by atoms with van der Waals surface area (Å²) in [7, 11) is -4.09. The van der Waals surface area contributed by atoms with E-state index in [4.69, 9.17) is 4.55 Å². The molecule has 0 aliphatic carbocycles. The molecule has 1 N–H and O–H groups in total. The Bertz CT molecular complexity index is 578. The third kappa shape index (κ3) is 2.58. The van der Waals surface area contributed by atoms with E-state index in [0.717, 1.165) is 10.8 Å². The molecule has 0 heterocycles. The molecule has 0 saturated carbocycles. The molecule has 3 nitrogen and oxygen atoms in total. The average Bonchev–Trinajstić information content (AvgIpc) is 2.16. The highest BCUT2D eigenvalue weighted by Crippen LogP contribution is 2.18. The van der Waals surface area contributed by atoms with Crippen LogP contribution in [0.1, 0.15) is 0 Å². The largest absolute Gasteiger partial charge is 0.294 e. The van der Waals surface area contributed by atoms with Crippen molar-refractivity contribution in [2.45, 2.75) is 4.90 Å². The SMILES string of the molecule is O=S(=O)(O)c1ccc2ccccc2c1.[AlH3]. The Morgan fingerprint density at radius 2 is 1.53 bits per heavy atom. The molecule has 2 aromatic rings. The van der Waals surface area contributed by atoms with Crippen LogP contribution in [0.3, 0.4) is 0 Å². The Morgan fingerprint density at radius 1 is 0.933 bits per heavy atom. The molecule has 78 valence electrons. The summed E-state index contributed by atoms with van der Waals surface area (Å²) in [5, 5.41) is 1.74. The molecule has 0 amide bonds. The van der Waals surface area contributed by atoms with Crippen molar-refractivity contribution in [2.75, 3.05) is 0 Å². The minimum absolute atomic E-state index is 0. The molecular formula is C10H11AlO3S. The molecule has 2 aromatic carbocycles. The fourth-order valence-corrected chi connectivity index (χ4v) is 1.84. The Morgan fingerprint density at radius 3 is 2.13 bits per heavy atom. The number of fused-ring (bicyclic) bond motifs is 1. The van der Waals surface area contributed by atoms with Gasteiger partial charge in [-0.05, 0) is 22.9 Å². The highest BCUT2D eigenvalue weighted by atomic mass is 32.2. The zero-order valence-corrected chi connectivity index (χ0v) is 8.03. The van der Waals surface area contributed by atoms with E-state index in [0.29, 0.717) is 0 Å². The first-order chi connectivity index (χ1) is 6.57. The van der Waals surface area contributed by atoms with Crippen molar-refractivity contribution in [3.63, 3.8) is 0 Å². The van der Waals surface area contributed by atoms with E-state index in [1.807, 2.05) is 18.2 Å². The van der Waals surface area contributed by atoms with Gasteiger partial charge in [0, 0.05) is 0 Å². The standard InChI is InChI=1S/C10H8O3S.Al.3H/c11-14(12,13)10-6-5-8-3-1-2-4-9(8)7-10;;;;/h1-7H,(H,11,12,13);;;;. The summed E-state index contributed by atoms with van der Waals surface area (Å²) >= 11 is 0. The smallest absolute Gasteiger partial charge is 0.282 e. The van der Waals surface area contributed by atoms with Gasteiger partial charge in [-0.25, -0.2) is 0 Å². The predicted molar refractivity (Wildman–Crippen MR) is 63.7 cm³/mol. The maximum atomic E-state index is 10.8. The molecule has 0 fully saturated rings. The third-order valence-electron chi connectivity index (χ3n) is 2.02. The molecule has 0 aliphatic rings. The van der Waals surface area contributed by atoms with Gasteiger partial charge in [0.2, 0.25) is 0 Å². The van der Waals surface area contributed by atoms with Crippen molar-refractivity contribution in [1.82, 2.24) is 0 Å². The summed E-state index contributed by atoms with van der Waals surface area (Å²) in [6, 6.07) is 11.9. The topological polar surface area (TPSA) is 54.4 Å². The van der Waals surface area contributed by atoms with E-state index < -0.39 is 10.1 Å². The Labute approximate surface area is 98.6 Å². The van der Waals surface area contributed by atoms with Crippen LogP contribution in [0.15, 0.2) is 47.4 Å². The van der Waals surface area contributed by atoms with Gasteiger partial charge < -0.3 is 0 Å². The molecule has 0 radical (unpaired) electrons. The average molecular weight is 238 g/mol. The van der Waals surface area contributed by atoms with Gasteiger partial charge in [0.05, 0.1) is 4.90 Å². The highest BCUT2D eigenvalue weighted by Gasteiger charge is 2.08. The van der Waals surface area contributed by atoms with Crippen molar-refractivity contribution < 1.29 is 13.0 Å². The lowest BCUT2D eigenvalue weighted by atomic mass is 10.1. The lowest BCUT2D eigenvalue weighted by molar-refractivity contribution is 0.483. The Kier molecular flexibility index (Phi) is 3.53. The summed E-state index contributed by atoms with van der Waals surface area (Å²) in [6.45, 7) is 0. The van der Waals surface area contributed by atoms with Crippen LogP contribution < -0.4 is 0 Å². The highest BCUT2D eigenvalue weighted by molar-refractivity contribution is 7.85. The van der Waals surface area contributed by atoms with E-state index in [1.54, 1.807) is 12.1 Å². The summed E-state index contributed by atoms with van der Waals surface area (Å²) in [6.07, 6.45) is 0. The first kappa shape index (κ1) is 12.2. The molecule has 5 heteroatoms. The van der Waals surface area contributed by atoms with E-state index in [2.05, 4.69) is 0 Å². The third-order valence-corrected chi connectivity index (χ3v) is 2.87. The van der Waals surface area contributed by atoms with Crippen molar-refractivity contribution in [3.05, 3.63) is 42.5 Å². The quantitative estimate of drug-likeness (QED) is 0.593. The first-order valence-electron chi connectivity index (χ1n) is 4.04. The second kappa shape index (κ2) is 4.33. The molecular weight excluding hydrogens is 227 g/mol. The fraction of sp³-hybridized carbons (Fsp3) is 0.